The zero-order valence-electron chi connectivity index (χ0n) is 13.1. The summed E-state index contributed by atoms with van der Waals surface area (Å²) in [7, 11) is 0. The summed E-state index contributed by atoms with van der Waals surface area (Å²) in [4.78, 5) is 36.3. The maximum atomic E-state index is 12.1. The van der Waals surface area contributed by atoms with Crippen LogP contribution in [-0.2, 0) is 14.4 Å². The van der Waals surface area contributed by atoms with Gasteiger partial charge < -0.3 is 15.3 Å². The van der Waals surface area contributed by atoms with Gasteiger partial charge in [0.15, 0.2) is 0 Å². The highest BCUT2D eigenvalue weighted by Crippen LogP contribution is 2.28. The van der Waals surface area contributed by atoms with E-state index in [1.54, 1.807) is 4.90 Å². The largest absolute Gasteiger partial charge is 0.481 e. The standard InChI is InChI=1S/C16H26N2O4/c19-14(8-7-12-4-1-2-5-12)17-11-15(20)18-9-3-6-13(18)10-16(21)22/h12-13H,1-11H2,(H,17,19)(H,21,22). The van der Waals surface area contributed by atoms with Crippen LogP contribution in [0.1, 0.15) is 57.8 Å². The van der Waals surface area contributed by atoms with E-state index in [-0.39, 0.29) is 30.8 Å². The van der Waals surface area contributed by atoms with Crippen LogP contribution in [0.4, 0.5) is 0 Å². The Morgan fingerprint density at radius 2 is 1.82 bits per heavy atom. The first-order chi connectivity index (χ1) is 10.6. The Kier molecular flexibility index (Phi) is 6.21. The summed E-state index contributed by atoms with van der Waals surface area (Å²) in [5.41, 5.74) is 0. The molecule has 0 aromatic rings. The van der Waals surface area contributed by atoms with Gasteiger partial charge >= 0.3 is 5.97 Å². The highest BCUT2D eigenvalue weighted by atomic mass is 16.4. The van der Waals surface area contributed by atoms with Gasteiger partial charge in [-0.1, -0.05) is 25.7 Å². The zero-order chi connectivity index (χ0) is 15.9. The smallest absolute Gasteiger partial charge is 0.305 e. The molecule has 1 saturated heterocycles. The van der Waals surface area contributed by atoms with E-state index in [2.05, 4.69) is 5.32 Å². The summed E-state index contributed by atoms with van der Waals surface area (Å²) >= 11 is 0. The summed E-state index contributed by atoms with van der Waals surface area (Å²) in [6.45, 7) is 0.578. The topological polar surface area (TPSA) is 86.7 Å². The predicted molar refractivity (Wildman–Crippen MR) is 81.2 cm³/mol. The number of aliphatic carboxylic acids is 1. The number of nitrogens with one attached hydrogen (secondary N) is 1. The lowest BCUT2D eigenvalue weighted by Crippen LogP contribution is -2.43. The van der Waals surface area contributed by atoms with Gasteiger partial charge in [-0.15, -0.1) is 0 Å². The highest BCUT2D eigenvalue weighted by Gasteiger charge is 2.30. The van der Waals surface area contributed by atoms with Crippen LogP contribution in [0.25, 0.3) is 0 Å². The van der Waals surface area contributed by atoms with E-state index in [9.17, 15) is 14.4 Å². The van der Waals surface area contributed by atoms with Crippen molar-refractivity contribution in [3.63, 3.8) is 0 Å². The lowest BCUT2D eigenvalue weighted by molar-refractivity contribution is -0.140. The molecule has 124 valence electrons. The summed E-state index contributed by atoms with van der Waals surface area (Å²) in [6.07, 6.45) is 7.92. The van der Waals surface area contributed by atoms with Crippen LogP contribution < -0.4 is 5.32 Å². The van der Waals surface area contributed by atoms with E-state index in [1.165, 1.54) is 25.7 Å². The Hall–Kier alpha value is -1.59. The first kappa shape index (κ1) is 16.8. The fourth-order valence-electron chi connectivity index (χ4n) is 3.58. The molecule has 2 rings (SSSR count). The van der Waals surface area contributed by atoms with Crippen LogP contribution in [-0.4, -0.2) is 46.9 Å². The predicted octanol–water partition coefficient (Wildman–Crippen LogP) is 1.54. The second-order valence-electron chi connectivity index (χ2n) is 6.45. The fourth-order valence-corrected chi connectivity index (χ4v) is 3.58. The monoisotopic (exact) mass is 310 g/mol. The molecule has 2 amide bonds. The third-order valence-electron chi connectivity index (χ3n) is 4.80. The molecule has 1 saturated carbocycles. The van der Waals surface area contributed by atoms with Crippen molar-refractivity contribution in [3.05, 3.63) is 0 Å². The lowest BCUT2D eigenvalue weighted by atomic mass is 10.0. The normalized spacial score (nSPS) is 22.0. The Morgan fingerprint density at radius 3 is 2.50 bits per heavy atom. The van der Waals surface area contributed by atoms with Crippen LogP contribution >= 0.6 is 0 Å². The fraction of sp³-hybridized carbons (Fsp3) is 0.812. The van der Waals surface area contributed by atoms with Crippen LogP contribution in [0.5, 0.6) is 0 Å². The molecule has 1 heterocycles. The Morgan fingerprint density at radius 1 is 1.09 bits per heavy atom. The van der Waals surface area contributed by atoms with Gasteiger partial charge in [0, 0.05) is 19.0 Å². The SMILES string of the molecule is O=C(O)CC1CCCN1C(=O)CNC(=O)CCC1CCCC1. The van der Waals surface area contributed by atoms with Crippen molar-refractivity contribution < 1.29 is 19.5 Å². The van der Waals surface area contributed by atoms with Crippen molar-refractivity contribution in [2.75, 3.05) is 13.1 Å². The number of amides is 2. The summed E-state index contributed by atoms with van der Waals surface area (Å²) in [5.74, 6) is -0.461. The number of rotatable bonds is 7. The van der Waals surface area contributed by atoms with Crippen LogP contribution in [0.2, 0.25) is 0 Å². The molecule has 2 aliphatic rings. The average molecular weight is 310 g/mol. The van der Waals surface area contributed by atoms with Crippen molar-refractivity contribution in [1.29, 1.82) is 0 Å². The molecular formula is C16H26N2O4. The summed E-state index contributed by atoms with van der Waals surface area (Å²) < 4.78 is 0. The summed E-state index contributed by atoms with van der Waals surface area (Å²) in [5, 5.41) is 11.5. The number of likely N-dealkylation sites (tertiary alicyclic amines) is 1. The molecular weight excluding hydrogens is 284 g/mol. The minimum absolute atomic E-state index is 0.0125. The number of hydrogen-bond donors (Lipinski definition) is 2. The van der Waals surface area contributed by atoms with Gasteiger partial charge in [-0.3, -0.25) is 14.4 Å². The number of carboxylic acids is 1. The Balaban J connectivity index is 1.67. The maximum Gasteiger partial charge on any atom is 0.305 e. The number of carbonyl (C=O) groups is 3. The lowest BCUT2D eigenvalue weighted by Gasteiger charge is -2.23. The van der Waals surface area contributed by atoms with E-state index in [0.29, 0.717) is 18.9 Å². The van der Waals surface area contributed by atoms with Gasteiger partial charge in [-0.2, -0.15) is 0 Å². The van der Waals surface area contributed by atoms with Crippen molar-refractivity contribution in [2.45, 2.75) is 63.8 Å². The van der Waals surface area contributed by atoms with Crippen molar-refractivity contribution >= 4 is 17.8 Å². The molecule has 0 aromatic carbocycles. The Labute approximate surface area is 131 Å². The third-order valence-corrected chi connectivity index (χ3v) is 4.80. The van der Waals surface area contributed by atoms with Crippen molar-refractivity contribution in [1.82, 2.24) is 10.2 Å². The van der Waals surface area contributed by atoms with Crippen LogP contribution in [0.3, 0.4) is 0 Å². The second kappa shape index (κ2) is 8.15. The average Bonchev–Trinajstić information content (AvgIpc) is 3.13. The minimum Gasteiger partial charge on any atom is -0.481 e. The molecule has 1 unspecified atom stereocenters. The first-order valence-electron chi connectivity index (χ1n) is 8.34. The molecule has 22 heavy (non-hydrogen) atoms. The number of hydrogen-bond acceptors (Lipinski definition) is 3. The van der Waals surface area contributed by atoms with E-state index in [0.717, 1.165) is 19.3 Å². The molecule has 0 spiro atoms. The van der Waals surface area contributed by atoms with Gasteiger partial charge in [0.25, 0.3) is 0 Å². The molecule has 6 nitrogen and oxygen atoms in total. The zero-order valence-corrected chi connectivity index (χ0v) is 13.1. The molecule has 0 aromatic heterocycles. The molecule has 2 fully saturated rings. The minimum atomic E-state index is -0.884. The van der Waals surface area contributed by atoms with Gasteiger partial charge in [-0.05, 0) is 25.2 Å². The van der Waals surface area contributed by atoms with E-state index >= 15 is 0 Å². The van der Waals surface area contributed by atoms with Gasteiger partial charge in [0.05, 0.1) is 13.0 Å². The van der Waals surface area contributed by atoms with Crippen molar-refractivity contribution in [3.8, 4) is 0 Å². The Bertz CT molecular complexity index is 418. The maximum absolute atomic E-state index is 12.1. The number of nitrogens with zero attached hydrogens (tertiary/aromatic N) is 1. The molecule has 1 aliphatic carbocycles. The quantitative estimate of drug-likeness (QED) is 0.747. The van der Waals surface area contributed by atoms with E-state index in [4.69, 9.17) is 5.11 Å². The second-order valence-corrected chi connectivity index (χ2v) is 6.45. The molecule has 1 atom stereocenters. The van der Waals surface area contributed by atoms with Gasteiger partial charge in [-0.25, -0.2) is 0 Å². The highest BCUT2D eigenvalue weighted by molar-refractivity contribution is 5.85. The molecule has 2 N–H and O–H groups in total. The van der Waals surface area contributed by atoms with Crippen LogP contribution in [0.15, 0.2) is 0 Å². The number of carboxylic acid groups (broad SMARTS) is 1. The van der Waals surface area contributed by atoms with Crippen LogP contribution in [0, 0.1) is 5.92 Å². The van der Waals surface area contributed by atoms with Gasteiger partial charge in [0.1, 0.15) is 0 Å². The third kappa shape index (κ3) is 5.00. The number of carbonyl (C=O) groups excluding carboxylic acids is 2. The van der Waals surface area contributed by atoms with E-state index < -0.39 is 5.97 Å². The molecule has 6 heteroatoms. The molecule has 1 aliphatic heterocycles. The van der Waals surface area contributed by atoms with Gasteiger partial charge in [0.2, 0.25) is 11.8 Å². The van der Waals surface area contributed by atoms with Crippen molar-refractivity contribution in [2.24, 2.45) is 5.92 Å². The summed E-state index contributed by atoms with van der Waals surface area (Å²) in [6, 6.07) is -0.222. The molecule has 0 bridgehead atoms. The van der Waals surface area contributed by atoms with E-state index in [1.807, 2.05) is 0 Å². The first-order valence-corrected chi connectivity index (χ1v) is 8.34. The molecule has 0 radical (unpaired) electrons.